The molecule has 0 aliphatic rings. The first kappa shape index (κ1) is 16.9. The summed E-state index contributed by atoms with van der Waals surface area (Å²) in [5.74, 6) is 1.84. The van der Waals surface area contributed by atoms with Crippen LogP contribution in [0.15, 0.2) is 10.6 Å². The SMILES string of the molecule is COCc1nc(CNC(=O)Nc2cc(C)nn2CC(C)C)no1. The summed E-state index contributed by atoms with van der Waals surface area (Å²) in [7, 11) is 1.54. The predicted molar refractivity (Wildman–Crippen MR) is 82.7 cm³/mol. The predicted octanol–water partition coefficient (Wildman–Crippen LogP) is 1.70. The van der Waals surface area contributed by atoms with E-state index in [1.54, 1.807) is 4.68 Å². The van der Waals surface area contributed by atoms with Crippen molar-refractivity contribution in [3.05, 3.63) is 23.5 Å². The lowest BCUT2D eigenvalue weighted by atomic mass is 10.2. The molecule has 0 aliphatic carbocycles. The molecule has 9 heteroatoms. The number of urea groups is 1. The van der Waals surface area contributed by atoms with Gasteiger partial charge in [-0.25, -0.2) is 9.48 Å². The van der Waals surface area contributed by atoms with E-state index in [2.05, 4.69) is 39.7 Å². The Kier molecular flexibility index (Phi) is 5.69. The molecule has 0 unspecified atom stereocenters. The van der Waals surface area contributed by atoms with Crippen molar-refractivity contribution in [2.24, 2.45) is 5.92 Å². The van der Waals surface area contributed by atoms with E-state index in [1.165, 1.54) is 7.11 Å². The number of carbonyl (C=O) groups is 1. The Labute approximate surface area is 134 Å². The first-order valence-corrected chi connectivity index (χ1v) is 7.37. The average molecular weight is 322 g/mol. The normalized spacial score (nSPS) is 11.0. The van der Waals surface area contributed by atoms with Crippen molar-refractivity contribution in [3.8, 4) is 0 Å². The summed E-state index contributed by atoms with van der Waals surface area (Å²) in [5.41, 5.74) is 0.850. The van der Waals surface area contributed by atoms with E-state index in [4.69, 9.17) is 9.26 Å². The number of aromatic nitrogens is 4. The van der Waals surface area contributed by atoms with Crippen LogP contribution in [0.5, 0.6) is 0 Å². The summed E-state index contributed by atoms with van der Waals surface area (Å²) in [5, 5.41) is 13.6. The standard InChI is InChI=1S/C14H22N6O3/c1-9(2)7-20-12(5-10(3)18-20)17-14(21)15-6-11-16-13(8-22-4)23-19-11/h5,9H,6-8H2,1-4H3,(H2,15,17,21). The number of aryl methyl sites for hydroxylation is 1. The van der Waals surface area contributed by atoms with Gasteiger partial charge in [-0.1, -0.05) is 19.0 Å². The summed E-state index contributed by atoms with van der Waals surface area (Å²) in [4.78, 5) is 16.1. The molecule has 9 nitrogen and oxygen atoms in total. The summed E-state index contributed by atoms with van der Waals surface area (Å²) < 4.78 is 11.6. The molecule has 0 saturated carbocycles. The van der Waals surface area contributed by atoms with E-state index in [0.717, 1.165) is 12.2 Å². The molecule has 0 fully saturated rings. The number of amides is 2. The minimum atomic E-state index is -0.354. The van der Waals surface area contributed by atoms with Crippen LogP contribution in [0.25, 0.3) is 0 Å². The van der Waals surface area contributed by atoms with E-state index in [1.807, 2.05) is 13.0 Å². The monoisotopic (exact) mass is 322 g/mol. The van der Waals surface area contributed by atoms with Gasteiger partial charge < -0.3 is 14.6 Å². The lowest BCUT2D eigenvalue weighted by Crippen LogP contribution is -2.29. The molecule has 0 radical (unpaired) electrons. The second-order valence-corrected chi connectivity index (χ2v) is 5.59. The highest BCUT2D eigenvalue weighted by atomic mass is 16.5. The number of nitrogens with one attached hydrogen (secondary N) is 2. The third-order valence-corrected chi connectivity index (χ3v) is 2.87. The van der Waals surface area contributed by atoms with Crippen LogP contribution in [0.3, 0.4) is 0 Å². The highest BCUT2D eigenvalue weighted by Gasteiger charge is 2.12. The summed E-state index contributed by atoms with van der Waals surface area (Å²) in [6.07, 6.45) is 0. The zero-order valence-electron chi connectivity index (χ0n) is 13.8. The van der Waals surface area contributed by atoms with Crippen LogP contribution < -0.4 is 10.6 Å². The van der Waals surface area contributed by atoms with Crippen LogP contribution in [0.4, 0.5) is 10.6 Å². The number of rotatable bonds is 7. The van der Waals surface area contributed by atoms with Gasteiger partial charge >= 0.3 is 6.03 Å². The zero-order chi connectivity index (χ0) is 16.8. The number of ether oxygens (including phenoxy) is 1. The Bertz CT molecular complexity index is 649. The maximum atomic E-state index is 12.0. The van der Waals surface area contributed by atoms with Crippen molar-refractivity contribution in [1.82, 2.24) is 25.2 Å². The van der Waals surface area contributed by atoms with Gasteiger partial charge in [0.15, 0.2) is 5.82 Å². The van der Waals surface area contributed by atoms with Crippen molar-refractivity contribution < 1.29 is 14.1 Å². The minimum absolute atomic E-state index is 0.163. The fourth-order valence-electron chi connectivity index (χ4n) is 2.00. The summed E-state index contributed by atoms with van der Waals surface area (Å²) >= 11 is 0. The lowest BCUT2D eigenvalue weighted by Gasteiger charge is -2.11. The smallest absolute Gasteiger partial charge is 0.320 e. The van der Waals surface area contributed by atoms with Crippen molar-refractivity contribution in [3.63, 3.8) is 0 Å². The quantitative estimate of drug-likeness (QED) is 0.803. The van der Waals surface area contributed by atoms with E-state index in [-0.39, 0.29) is 19.2 Å². The van der Waals surface area contributed by atoms with Gasteiger partial charge in [-0.05, 0) is 12.8 Å². The minimum Gasteiger partial charge on any atom is -0.375 e. The van der Waals surface area contributed by atoms with Gasteiger partial charge in [-0.2, -0.15) is 10.1 Å². The van der Waals surface area contributed by atoms with Gasteiger partial charge in [-0.15, -0.1) is 0 Å². The van der Waals surface area contributed by atoms with Crippen LogP contribution in [0.1, 0.15) is 31.3 Å². The Morgan fingerprint density at radius 1 is 1.48 bits per heavy atom. The van der Waals surface area contributed by atoms with Gasteiger partial charge in [0.2, 0.25) is 0 Å². The second kappa shape index (κ2) is 7.73. The molecule has 0 atom stereocenters. The van der Waals surface area contributed by atoms with Gasteiger partial charge in [0.05, 0.1) is 12.2 Å². The second-order valence-electron chi connectivity index (χ2n) is 5.59. The van der Waals surface area contributed by atoms with Crippen LogP contribution >= 0.6 is 0 Å². The van der Waals surface area contributed by atoms with Crippen molar-refractivity contribution in [2.45, 2.75) is 40.5 Å². The molecule has 2 heterocycles. The first-order chi connectivity index (χ1) is 11.0. The Balaban J connectivity index is 1.89. The largest absolute Gasteiger partial charge is 0.375 e. The lowest BCUT2D eigenvalue weighted by molar-refractivity contribution is 0.151. The van der Waals surface area contributed by atoms with Gasteiger partial charge in [0.25, 0.3) is 5.89 Å². The van der Waals surface area contributed by atoms with Crippen molar-refractivity contribution >= 4 is 11.8 Å². The molecule has 2 aromatic rings. The van der Waals surface area contributed by atoms with Crippen LogP contribution in [-0.4, -0.2) is 33.1 Å². The molecule has 2 rings (SSSR count). The Hall–Kier alpha value is -2.42. The molecule has 0 bridgehead atoms. The molecule has 0 saturated heterocycles. The van der Waals surface area contributed by atoms with Crippen LogP contribution in [0.2, 0.25) is 0 Å². The van der Waals surface area contributed by atoms with Gasteiger partial charge in [0.1, 0.15) is 12.4 Å². The van der Waals surface area contributed by atoms with E-state index in [0.29, 0.717) is 23.5 Å². The number of hydrogen-bond acceptors (Lipinski definition) is 6. The Morgan fingerprint density at radius 3 is 2.96 bits per heavy atom. The van der Waals surface area contributed by atoms with E-state index < -0.39 is 0 Å². The molecule has 0 spiro atoms. The molecule has 2 N–H and O–H groups in total. The number of carbonyl (C=O) groups excluding carboxylic acids is 1. The maximum absolute atomic E-state index is 12.0. The fourth-order valence-corrected chi connectivity index (χ4v) is 2.00. The maximum Gasteiger partial charge on any atom is 0.320 e. The van der Waals surface area contributed by atoms with Crippen molar-refractivity contribution in [1.29, 1.82) is 0 Å². The molecule has 126 valence electrons. The van der Waals surface area contributed by atoms with Crippen LogP contribution in [0, 0.1) is 12.8 Å². The zero-order valence-corrected chi connectivity index (χ0v) is 13.8. The highest BCUT2D eigenvalue weighted by Crippen LogP contribution is 2.12. The number of hydrogen-bond donors (Lipinski definition) is 2. The summed E-state index contributed by atoms with van der Waals surface area (Å²) in [6.45, 7) is 7.21. The van der Waals surface area contributed by atoms with Gasteiger partial charge in [-0.3, -0.25) is 5.32 Å². The van der Waals surface area contributed by atoms with E-state index >= 15 is 0 Å². The third-order valence-electron chi connectivity index (χ3n) is 2.87. The molecular weight excluding hydrogens is 300 g/mol. The molecule has 0 aromatic carbocycles. The fraction of sp³-hybridized carbons (Fsp3) is 0.571. The molecule has 2 amide bonds. The third kappa shape index (κ3) is 5.06. The highest BCUT2D eigenvalue weighted by molar-refractivity contribution is 5.88. The molecular formula is C14H22N6O3. The first-order valence-electron chi connectivity index (χ1n) is 7.37. The number of nitrogens with zero attached hydrogens (tertiary/aromatic N) is 4. The van der Waals surface area contributed by atoms with Gasteiger partial charge in [0, 0.05) is 19.7 Å². The molecule has 23 heavy (non-hydrogen) atoms. The van der Waals surface area contributed by atoms with Crippen LogP contribution in [-0.2, 0) is 24.4 Å². The number of methoxy groups -OCH3 is 1. The molecule has 0 aliphatic heterocycles. The topological polar surface area (TPSA) is 107 Å². The Morgan fingerprint density at radius 2 is 2.26 bits per heavy atom. The van der Waals surface area contributed by atoms with E-state index in [9.17, 15) is 4.79 Å². The molecule has 2 aromatic heterocycles. The number of anilines is 1. The van der Waals surface area contributed by atoms with Crippen molar-refractivity contribution in [2.75, 3.05) is 12.4 Å². The summed E-state index contributed by atoms with van der Waals surface area (Å²) in [6, 6.07) is 1.47. The average Bonchev–Trinajstić information content (AvgIpc) is 3.04.